The van der Waals surface area contributed by atoms with Crippen LogP contribution in [0.2, 0.25) is 0 Å². The Balaban J connectivity index is 1.51. The first-order valence-electron chi connectivity index (χ1n) is 10.4. The Morgan fingerprint density at radius 3 is 2.45 bits per heavy atom. The maximum atomic E-state index is 12.5. The topological polar surface area (TPSA) is 133 Å². The van der Waals surface area contributed by atoms with Gasteiger partial charge in [0.25, 0.3) is 5.56 Å². The molecule has 3 heterocycles. The van der Waals surface area contributed by atoms with Crippen molar-refractivity contribution in [2.24, 2.45) is 0 Å². The number of aromatic amines is 1. The number of carbonyl (C=O) groups is 1. The van der Waals surface area contributed by atoms with Crippen LogP contribution in [0.4, 0.5) is 17.2 Å². The number of anilines is 3. The van der Waals surface area contributed by atoms with Gasteiger partial charge in [0, 0.05) is 30.0 Å². The van der Waals surface area contributed by atoms with Crippen molar-refractivity contribution in [3.8, 4) is 11.4 Å². The van der Waals surface area contributed by atoms with Gasteiger partial charge < -0.3 is 20.1 Å². The summed E-state index contributed by atoms with van der Waals surface area (Å²) in [7, 11) is 0. The molecule has 166 valence electrons. The lowest BCUT2D eigenvalue weighted by Gasteiger charge is -2.28. The maximum Gasteiger partial charge on any atom is 0.335 e. The van der Waals surface area contributed by atoms with Gasteiger partial charge in [-0.1, -0.05) is 12.1 Å². The Labute approximate surface area is 187 Å². The minimum absolute atomic E-state index is 0.163. The lowest BCUT2D eigenvalue weighted by molar-refractivity contribution is 0.0697. The monoisotopic (exact) mass is 444 g/mol. The van der Waals surface area contributed by atoms with Crippen LogP contribution in [0.25, 0.3) is 22.3 Å². The fourth-order valence-corrected chi connectivity index (χ4v) is 3.70. The van der Waals surface area contributed by atoms with Crippen LogP contribution >= 0.6 is 0 Å². The third-order valence-corrected chi connectivity index (χ3v) is 5.41. The lowest BCUT2D eigenvalue weighted by atomic mass is 10.1. The highest BCUT2D eigenvalue weighted by Crippen LogP contribution is 2.26. The van der Waals surface area contributed by atoms with Crippen molar-refractivity contribution in [2.45, 2.75) is 0 Å². The van der Waals surface area contributed by atoms with E-state index in [1.165, 1.54) is 18.3 Å². The van der Waals surface area contributed by atoms with E-state index in [1.807, 2.05) is 24.3 Å². The van der Waals surface area contributed by atoms with Gasteiger partial charge in [0.2, 0.25) is 0 Å². The zero-order chi connectivity index (χ0) is 22.8. The van der Waals surface area contributed by atoms with Crippen LogP contribution < -0.4 is 15.8 Å². The van der Waals surface area contributed by atoms with E-state index in [4.69, 9.17) is 9.84 Å². The van der Waals surface area contributed by atoms with Crippen LogP contribution in [0.1, 0.15) is 10.4 Å². The fourth-order valence-electron chi connectivity index (χ4n) is 3.70. The third-order valence-electron chi connectivity index (χ3n) is 5.41. The molecule has 0 bridgehead atoms. The Kier molecular flexibility index (Phi) is 5.41. The number of carboxylic acid groups (broad SMARTS) is 1. The predicted octanol–water partition coefficient (Wildman–Crippen LogP) is 2.66. The summed E-state index contributed by atoms with van der Waals surface area (Å²) in [5, 5.41) is 18.9. The number of nitrogens with zero attached hydrogens (tertiary/aromatic N) is 4. The summed E-state index contributed by atoms with van der Waals surface area (Å²) in [5.41, 5.74) is 2.60. The fraction of sp³-hybridized carbons (Fsp3) is 0.174. The Morgan fingerprint density at radius 2 is 1.76 bits per heavy atom. The predicted molar refractivity (Wildman–Crippen MR) is 123 cm³/mol. The van der Waals surface area contributed by atoms with Gasteiger partial charge in [-0.3, -0.25) is 4.79 Å². The molecule has 1 aliphatic rings. The molecule has 1 fully saturated rings. The van der Waals surface area contributed by atoms with E-state index in [9.17, 15) is 9.59 Å². The number of rotatable bonds is 5. The van der Waals surface area contributed by atoms with Gasteiger partial charge in [0.1, 0.15) is 16.7 Å². The molecule has 0 atom stereocenters. The lowest BCUT2D eigenvalue weighted by Crippen LogP contribution is -2.36. The van der Waals surface area contributed by atoms with Crippen LogP contribution in [-0.4, -0.2) is 57.5 Å². The molecule has 1 aliphatic heterocycles. The molecule has 2 aromatic heterocycles. The highest BCUT2D eigenvalue weighted by Gasteiger charge is 2.15. The van der Waals surface area contributed by atoms with Crippen molar-refractivity contribution in [1.82, 2.24) is 20.2 Å². The van der Waals surface area contributed by atoms with Gasteiger partial charge in [-0.05, 0) is 36.4 Å². The standard InChI is InChI=1S/C23H20N6O4/c30-22-19-18(13-24-28-22)26-20(14-1-3-15(4-2-14)23(31)32)27-21(19)25-16-5-7-17(8-6-16)29-9-11-33-12-10-29/h1-8,13H,9-12H2,(H,28,30)(H,31,32)(H,25,26,27). The van der Waals surface area contributed by atoms with E-state index in [-0.39, 0.29) is 10.9 Å². The number of ether oxygens (including phenoxy) is 1. The summed E-state index contributed by atoms with van der Waals surface area (Å²) in [5.74, 6) is -0.334. The molecule has 0 aliphatic carbocycles. The van der Waals surface area contributed by atoms with Crippen molar-refractivity contribution in [3.05, 3.63) is 70.6 Å². The molecule has 0 unspecified atom stereocenters. The zero-order valence-corrected chi connectivity index (χ0v) is 17.5. The Morgan fingerprint density at radius 1 is 1.03 bits per heavy atom. The van der Waals surface area contributed by atoms with Gasteiger partial charge in [0.05, 0.1) is 25.0 Å². The molecule has 5 rings (SSSR count). The summed E-state index contributed by atoms with van der Waals surface area (Å²) < 4.78 is 5.41. The number of carboxylic acids is 1. The molecule has 4 aromatic rings. The van der Waals surface area contributed by atoms with Crippen molar-refractivity contribution in [3.63, 3.8) is 0 Å². The molecular weight excluding hydrogens is 424 g/mol. The van der Waals surface area contributed by atoms with Gasteiger partial charge in [0.15, 0.2) is 5.82 Å². The second-order valence-electron chi connectivity index (χ2n) is 7.51. The summed E-state index contributed by atoms with van der Waals surface area (Å²) in [6, 6.07) is 14.1. The maximum absolute atomic E-state index is 12.5. The van der Waals surface area contributed by atoms with E-state index in [1.54, 1.807) is 12.1 Å². The average Bonchev–Trinajstić information content (AvgIpc) is 2.85. The highest BCUT2D eigenvalue weighted by atomic mass is 16.5. The van der Waals surface area contributed by atoms with Crippen LogP contribution in [0.15, 0.2) is 59.5 Å². The Hall–Kier alpha value is -4.31. The molecule has 0 spiro atoms. The van der Waals surface area contributed by atoms with Crippen molar-refractivity contribution >= 4 is 34.1 Å². The van der Waals surface area contributed by atoms with Crippen LogP contribution in [-0.2, 0) is 4.74 Å². The number of benzene rings is 2. The first-order valence-corrected chi connectivity index (χ1v) is 10.4. The molecule has 10 heteroatoms. The van der Waals surface area contributed by atoms with Gasteiger partial charge in [-0.15, -0.1) is 0 Å². The molecule has 0 saturated carbocycles. The number of H-pyrrole nitrogens is 1. The summed E-state index contributed by atoms with van der Waals surface area (Å²) in [4.78, 5) is 34.9. The number of hydrogen-bond acceptors (Lipinski definition) is 8. The van der Waals surface area contributed by atoms with E-state index in [0.29, 0.717) is 35.9 Å². The largest absolute Gasteiger partial charge is 0.478 e. The van der Waals surface area contributed by atoms with E-state index in [2.05, 4.69) is 30.4 Å². The van der Waals surface area contributed by atoms with Crippen LogP contribution in [0, 0.1) is 0 Å². The number of hydrogen-bond donors (Lipinski definition) is 3. The van der Waals surface area contributed by atoms with Crippen LogP contribution in [0.5, 0.6) is 0 Å². The number of aromatic nitrogens is 4. The highest BCUT2D eigenvalue weighted by molar-refractivity contribution is 5.91. The summed E-state index contributed by atoms with van der Waals surface area (Å²) in [6.45, 7) is 3.10. The minimum Gasteiger partial charge on any atom is -0.478 e. The minimum atomic E-state index is -1.01. The quantitative estimate of drug-likeness (QED) is 0.425. The first kappa shape index (κ1) is 20.6. The molecule has 33 heavy (non-hydrogen) atoms. The van der Waals surface area contributed by atoms with Crippen molar-refractivity contribution in [1.29, 1.82) is 0 Å². The van der Waals surface area contributed by atoms with Crippen LogP contribution in [0.3, 0.4) is 0 Å². The molecular formula is C23H20N6O4. The molecule has 0 radical (unpaired) electrons. The van der Waals surface area contributed by atoms with Gasteiger partial charge in [-0.2, -0.15) is 5.10 Å². The first-order chi connectivity index (χ1) is 16.1. The normalized spacial score (nSPS) is 13.8. The summed E-state index contributed by atoms with van der Waals surface area (Å²) in [6.07, 6.45) is 1.46. The third kappa shape index (κ3) is 4.23. The SMILES string of the molecule is O=C(O)c1ccc(-c2nc(Nc3ccc(N4CCOCC4)cc3)c3c(=O)[nH]ncc3n2)cc1. The van der Waals surface area contributed by atoms with Gasteiger partial charge in [-0.25, -0.2) is 19.9 Å². The summed E-state index contributed by atoms with van der Waals surface area (Å²) >= 11 is 0. The number of fused-ring (bicyclic) bond motifs is 1. The molecule has 10 nitrogen and oxygen atoms in total. The number of morpholine rings is 1. The number of nitrogens with one attached hydrogen (secondary N) is 2. The van der Waals surface area contributed by atoms with Crippen molar-refractivity contribution in [2.75, 3.05) is 36.5 Å². The van der Waals surface area contributed by atoms with E-state index < -0.39 is 11.5 Å². The zero-order valence-electron chi connectivity index (χ0n) is 17.5. The second-order valence-corrected chi connectivity index (χ2v) is 7.51. The van der Waals surface area contributed by atoms with Gasteiger partial charge >= 0.3 is 5.97 Å². The average molecular weight is 444 g/mol. The smallest absolute Gasteiger partial charge is 0.335 e. The van der Waals surface area contributed by atoms with E-state index >= 15 is 0 Å². The van der Waals surface area contributed by atoms with E-state index in [0.717, 1.165) is 24.5 Å². The molecule has 2 aromatic carbocycles. The number of aromatic carboxylic acids is 1. The Bertz CT molecular complexity index is 1360. The second kappa shape index (κ2) is 8.67. The molecule has 0 amide bonds. The molecule has 1 saturated heterocycles. The van der Waals surface area contributed by atoms with Crippen molar-refractivity contribution < 1.29 is 14.6 Å². The molecule has 3 N–H and O–H groups in total.